The van der Waals surface area contributed by atoms with Gasteiger partial charge in [-0.15, -0.1) is 10.2 Å². The number of fused-ring (bicyclic) bond motifs is 4. The fourth-order valence-corrected chi connectivity index (χ4v) is 4.31. The van der Waals surface area contributed by atoms with Crippen LogP contribution in [0.5, 0.6) is 5.75 Å². The molecule has 0 N–H and O–H groups in total. The Morgan fingerprint density at radius 1 is 1.12 bits per heavy atom. The van der Waals surface area contributed by atoms with Gasteiger partial charge in [0.25, 0.3) is 5.78 Å². The van der Waals surface area contributed by atoms with Gasteiger partial charge in [-0.2, -0.15) is 18.2 Å². The van der Waals surface area contributed by atoms with Crippen molar-refractivity contribution >= 4 is 28.2 Å². The maximum absolute atomic E-state index is 14.3. The summed E-state index contributed by atoms with van der Waals surface area (Å²) in [5, 5.41) is 8.77. The van der Waals surface area contributed by atoms with Crippen LogP contribution in [0.2, 0.25) is 0 Å². The lowest BCUT2D eigenvalue weighted by Gasteiger charge is -2.31. The van der Waals surface area contributed by atoms with E-state index in [0.29, 0.717) is 51.9 Å². The van der Waals surface area contributed by atoms with Gasteiger partial charge in [-0.05, 0) is 50.1 Å². The summed E-state index contributed by atoms with van der Waals surface area (Å²) in [6.07, 6.45) is -4.35. The molecule has 6 nitrogen and oxygen atoms in total. The van der Waals surface area contributed by atoms with Crippen LogP contribution in [0.4, 0.5) is 29.1 Å². The molecular weight excluding hydrogens is 450 g/mol. The highest BCUT2D eigenvalue weighted by molar-refractivity contribution is 5.94. The molecule has 0 unspecified atom stereocenters. The number of benzene rings is 2. The van der Waals surface area contributed by atoms with Gasteiger partial charge in [0.05, 0.1) is 23.3 Å². The SMILES string of the molecule is Cc1nnc2nc(N3CCOc4c(C#CC5(C(F)(F)F)CC5)cccc43)c3cc(F)ccc3n12. The van der Waals surface area contributed by atoms with Crippen molar-refractivity contribution in [3.8, 4) is 17.6 Å². The van der Waals surface area contributed by atoms with E-state index >= 15 is 0 Å². The van der Waals surface area contributed by atoms with Crippen LogP contribution in [0.1, 0.15) is 24.2 Å². The maximum atomic E-state index is 14.3. The van der Waals surface area contributed by atoms with E-state index in [-0.39, 0.29) is 19.4 Å². The van der Waals surface area contributed by atoms with Gasteiger partial charge in [0.15, 0.2) is 5.75 Å². The maximum Gasteiger partial charge on any atom is 0.405 e. The van der Waals surface area contributed by atoms with Gasteiger partial charge in [0.1, 0.15) is 29.5 Å². The first-order valence-electron chi connectivity index (χ1n) is 10.7. The first kappa shape index (κ1) is 20.7. The third-order valence-corrected chi connectivity index (χ3v) is 6.29. The molecule has 0 atom stereocenters. The number of anilines is 2. The Kier molecular flexibility index (Phi) is 4.30. The highest BCUT2D eigenvalue weighted by Crippen LogP contribution is 2.57. The van der Waals surface area contributed by atoms with E-state index in [1.165, 1.54) is 12.1 Å². The van der Waals surface area contributed by atoms with E-state index in [1.54, 1.807) is 35.6 Å². The van der Waals surface area contributed by atoms with Crippen molar-refractivity contribution in [1.82, 2.24) is 19.6 Å². The molecule has 172 valence electrons. The molecule has 3 heterocycles. The minimum Gasteiger partial charge on any atom is -0.488 e. The van der Waals surface area contributed by atoms with Gasteiger partial charge < -0.3 is 9.64 Å². The molecule has 0 amide bonds. The second-order valence-corrected chi connectivity index (χ2v) is 8.46. The standard InChI is InChI=1S/C24H17F4N5O/c1-14-30-31-22-29-21(17-13-16(25)5-6-18(17)33(14)22)32-11-12-34-20-15(3-2-4-19(20)32)7-8-23(9-10-23)24(26,27)28/h2-6,13H,9-12H2,1H3. The molecule has 4 aromatic rings. The Hall–Kier alpha value is -3.87. The van der Waals surface area contributed by atoms with Crippen molar-refractivity contribution in [2.75, 3.05) is 18.1 Å². The third kappa shape index (κ3) is 3.07. The molecule has 2 aromatic heterocycles. The second-order valence-electron chi connectivity index (χ2n) is 8.46. The predicted molar refractivity (Wildman–Crippen MR) is 117 cm³/mol. The molecule has 10 heteroatoms. The Labute approximate surface area is 191 Å². The van der Waals surface area contributed by atoms with Gasteiger partial charge in [-0.1, -0.05) is 17.9 Å². The molecule has 2 aromatic carbocycles. The molecule has 1 saturated carbocycles. The number of hydrogen-bond donors (Lipinski definition) is 0. The highest BCUT2D eigenvalue weighted by atomic mass is 19.4. The van der Waals surface area contributed by atoms with Crippen LogP contribution in [0, 0.1) is 30.0 Å². The highest BCUT2D eigenvalue weighted by Gasteiger charge is 2.62. The molecule has 0 saturated heterocycles. The van der Waals surface area contributed by atoms with Crippen molar-refractivity contribution in [3.05, 3.63) is 53.6 Å². The fraction of sp³-hybridized carbons (Fsp3) is 0.292. The number of rotatable bonds is 1. The summed E-state index contributed by atoms with van der Waals surface area (Å²) >= 11 is 0. The van der Waals surface area contributed by atoms with E-state index in [4.69, 9.17) is 4.74 Å². The van der Waals surface area contributed by atoms with Crippen LogP contribution < -0.4 is 9.64 Å². The summed E-state index contributed by atoms with van der Waals surface area (Å²) in [5.41, 5.74) is -0.287. The smallest absolute Gasteiger partial charge is 0.405 e. The Balaban J connectivity index is 1.51. The number of nitrogens with zero attached hydrogens (tertiary/aromatic N) is 5. The average molecular weight is 467 g/mol. The van der Waals surface area contributed by atoms with Crippen LogP contribution in [0.15, 0.2) is 36.4 Å². The minimum atomic E-state index is -4.36. The van der Waals surface area contributed by atoms with Gasteiger partial charge in [0.2, 0.25) is 0 Å². The largest absolute Gasteiger partial charge is 0.488 e. The van der Waals surface area contributed by atoms with Gasteiger partial charge in [-0.3, -0.25) is 4.40 Å². The van der Waals surface area contributed by atoms with Crippen molar-refractivity contribution in [2.45, 2.75) is 25.9 Å². The zero-order chi connectivity index (χ0) is 23.7. The first-order chi connectivity index (χ1) is 16.3. The Morgan fingerprint density at radius 2 is 1.94 bits per heavy atom. The normalized spacial score (nSPS) is 16.7. The third-order valence-electron chi connectivity index (χ3n) is 6.29. The van der Waals surface area contributed by atoms with Crippen LogP contribution in [-0.4, -0.2) is 38.9 Å². The molecule has 1 aliphatic carbocycles. The molecule has 6 rings (SSSR count). The fourth-order valence-electron chi connectivity index (χ4n) is 4.31. The van der Waals surface area contributed by atoms with Crippen LogP contribution in [-0.2, 0) is 0 Å². The van der Waals surface area contributed by atoms with E-state index in [1.807, 2.05) is 4.90 Å². The predicted octanol–water partition coefficient (Wildman–Crippen LogP) is 4.95. The minimum absolute atomic E-state index is 0.00472. The lowest BCUT2D eigenvalue weighted by atomic mass is 10.1. The van der Waals surface area contributed by atoms with Gasteiger partial charge >= 0.3 is 6.18 Å². The molecule has 0 spiro atoms. The van der Waals surface area contributed by atoms with Gasteiger partial charge in [0, 0.05) is 5.39 Å². The monoisotopic (exact) mass is 467 g/mol. The molecule has 0 bridgehead atoms. The number of halogens is 4. The zero-order valence-electron chi connectivity index (χ0n) is 17.9. The summed E-state index contributed by atoms with van der Waals surface area (Å²) in [7, 11) is 0. The van der Waals surface area contributed by atoms with Crippen LogP contribution >= 0.6 is 0 Å². The lowest BCUT2D eigenvalue weighted by molar-refractivity contribution is -0.168. The number of aryl methyl sites for hydroxylation is 1. The van der Waals surface area contributed by atoms with Crippen molar-refractivity contribution in [1.29, 1.82) is 0 Å². The summed E-state index contributed by atoms with van der Waals surface area (Å²) in [5.74, 6) is 6.53. The van der Waals surface area contributed by atoms with Crippen LogP contribution in [0.25, 0.3) is 16.7 Å². The summed E-state index contributed by atoms with van der Waals surface area (Å²) < 4.78 is 61.9. The van der Waals surface area contributed by atoms with E-state index in [9.17, 15) is 17.6 Å². The number of aromatic nitrogens is 4. The number of para-hydroxylation sites is 1. The van der Waals surface area contributed by atoms with Crippen molar-refractivity contribution in [2.24, 2.45) is 5.41 Å². The van der Waals surface area contributed by atoms with Gasteiger partial charge in [-0.25, -0.2) is 4.39 Å². The van der Waals surface area contributed by atoms with Crippen LogP contribution in [0.3, 0.4) is 0 Å². The second kappa shape index (κ2) is 7.06. The number of alkyl halides is 3. The van der Waals surface area contributed by atoms with E-state index in [0.717, 1.165) is 0 Å². The summed E-state index contributed by atoms with van der Waals surface area (Å²) in [4.78, 5) is 6.51. The molecule has 1 fully saturated rings. The van der Waals surface area contributed by atoms with E-state index < -0.39 is 17.4 Å². The van der Waals surface area contributed by atoms with Crippen molar-refractivity contribution < 1.29 is 22.3 Å². The van der Waals surface area contributed by atoms with E-state index in [2.05, 4.69) is 27.0 Å². The molecule has 34 heavy (non-hydrogen) atoms. The van der Waals surface area contributed by atoms with Crippen molar-refractivity contribution in [3.63, 3.8) is 0 Å². The summed E-state index contributed by atoms with van der Waals surface area (Å²) in [6, 6.07) is 9.53. The Morgan fingerprint density at radius 3 is 2.71 bits per heavy atom. The molecule has 1 aliphatic heterocycles. The first-order valence-corrected chi connectivity index (χ1v) is 10.7. The number of hydrogen-bond acceptors (Lipinski definition) is 5. The molecule has 0 radical (unpaired) electrons. The quantitative estimate of drug-likeness (QED) is 0.293. The molecular formula is C24H17F4N5O. The topological polar surface area (TPSA) is 55.5 Å². The summed E-state index contributed by atoms with van der Waals surface area (Å²) in [6.45, 7) is 2.44. The lowest BCUT2D eigenvalue weighted by Crippen LogP contribution is -2.30. The average Bonchev–Trinajstić information content (AvgIpc) is 3.53. The molecule has 2 aliphatic rings. The Bertz CT molecular complexity index is 1530. The number of ether oxygens (including phenoxy) is 1. The zero-order valence-corrected chi connectivity index (χ0v) is 17.9.